The van der Waals surface area contributed by atoms with Crippen LogP contribution in [0, 0.1) is 12.3 Å². The summed E-state index contributed by atoms with van der Waals surface area (Å²) in [7, 11) is 0. The standard InChI is InChI=1S/C14H19N3O2/c1-10-8-16-11(9-15-10)13(19)17-6-4-14(5-7-17)3-2-12(14)18/h8-9,12,18H,2-7H2,1H3. The molecule has 5 heteroatoms. The first kappa shape index (κ1) is 12.5. The average Bonchev–Trinajstić information content (AvgIpc) is 2.46. The molecule has 1 aliphatic carbocycles. The molecule has 0 radical (unpaired) electrons. The first-order valence-electron chi connectivity index (χ1n) is 6.87. The van der Waals surface area contributed by atoms with Crippen LogP contribution in [0.3, 0.4) is 0 Å². The molecule has 1 aromatic rings. The molecule has 1 N–H and O–H groups in total. The number of aliphatic hydroxyl groups excluding tert-OH is 1. The summed E-state index contributed by atoms with van der Waals surface area (Å²) in [6, 6.07) is 0. The summed E-state index contributed by atoms with van der Waals surface area (Å²) in [6.07, 6.45) is 6.81. The molecule has 1 unspecified atom stereocenters. The first-order chi connectivity index (χ1) is 9.11. The van der Waals surface area contributed by atoms with Gasteiger partial charge in [0.25, 0.3) is 5.91 Å². The predicted octanol–water partition coefficient (Wildman–Crippen LogP) is 1.16. The molecule has 0 bridgehead atoms. The zero-order valence-electron chi connectivity index (χ0n) is 11.2. The molecule has 102 valence electrons. The maximum atomic E-state index is 12.3. The zero-order valence-corrected chi connectivity index (χ0v) is 11.2. The van der Waals surface area contributed by atoms with E-state index in [0.29, 0.717) is 18.8 Å². The number of hydrogen-bond acceptors (Lipinski definition) is 4. The van der Waals surface area contributed by atoms with Crippen molar-refractivity contribution < 1.29 is 9.90 Å². The van der Waals surface area contributed by atoms with Gasteiger partial charge in [-0.25, -0.2) is 4.98 Å². The molecule has 5 nitrogen and oxygen atoms in total. The fourth-order valence-electron chi connectivity index (χ4n) is 3.09. The molecular weight excluding hydrogens is 242 g/mol. The number of aliphatic hydroxyl groups is 1. The topological polar surface area (TPSA) is 66.3 Å². The Labute approximate surface area is 112 Å². The van der Waals surface area contributed by atoms with E-state index in [1.54, 1.807) is 12.4 Å². The molecule has 1 atom stereocenters. The van der Waals surface area contributed by atoms with E-state index in [4.69, 9.17) is 0 Å². The van der Waals surface area contributed by atoms with Crippen molar-refractivity contribution in [1.29, 1.82) is 0 Å². The largest absolute Gasteiger partial charge is 0.393 e. The molecule has 1 aromatic heterocycles. The number of rotatable bonds is 1. The van der Waals surface area contributed by atoms with Crippen molar-refractivity contribution in [2.75, 3.05) is 13.1 Å². The minimum Gasteiger partial charge on any atom is -0.393 e. The molecule has 2 fully saturated rings. The van der Waals surface area contributed by atoms with Crippen LogP contribution in [0.15, 0.2) is 12.4 Å². The number of hydrogen-bond donors (Lipinski definition) is 1. The predicted molar refractivity (Wildman–Crippen MR) is 69.6 cm³/mol. The molecule has 0 aromatic carbocycles. The number of piperidine rings is 1. The Hall–Kier alpha value is -1.49. The summed E-state index contributed by atoms with van der Waals surface area (Å²) >= 11 is 0. The highest BCUT2D eigenvalue weighted by Crippen LogP contribution is 2.49. The summed E-state index contributed by atoms with van der Waals surface area (Å²) in [4.78, 5) is 22.3. The van der Waals surface area contributed by atoms with E-state index in [-0.39, 0.29) is 17.4 Å². The van der Waals surface area contributed by atoms with Gasteiger partial charge in [0, 0.05) is 19.3 Å². The van der Waals surface area contributed by atoms with E-state index in [2.05, 4.69) is 9.97 Å². The number of nitrogens with zero attached hydrogens (tertiary/aromatic N) is 3. The van der Waals surface area contributed by atoms with Gasteiger partial charge < -0.3 is 10.0 Å². The van der Waals surface area contributed by atoms with E-state index >= 15 is 0 Å². The minimum atomic E-state index is -0.163. The fourth-order valence-corrected chi connectivity index (χ4v) is 3.09. The smallest absolute Gasteiger partial charge is 0.274 e. The van der Waals surface area contributed by atoms with E-state index in [9.17, 15) is 9.90 Å². The van der Waals surface area contributed by atoms with Gasteiger partial charge in [0.05, 0.1) is 18.0 Å². The van der Waals surface area contributed by atoms with Crippen molar-refractivity contribution in [3.8, 4) is 0 Å². The third-order valence-electron chi connectivity index (χ3n) is 4.67. The van der Waals surface area contributed by atoms with Gasteiger partial charge in [0.2, 0.25) is 0 Å². The highest BCUT2D eigenvalue weighted by Gasteiger charge is 2.47. The van der Waals surface area contributed by atoms with Gasteiger partial charge in [-0.3, -0.25) is 9.78 Å². The van der Waals surface area contributed by atoms with Crippen LogP contribution >= 0.6 is 0 Å². The van der Waals surface area contributed by atoms with Crippen LogP contribution in [0.25, 0.3) is 0 Å². The number of aromatic nitrogens is 2. The van der Waals surface area contributed by atoms with Gasteiger partial charge in [0.15, 0.2) is 0 Å². The van der Waals surface area contributed by atoms with Gasteiger partial charge >= 0.3 is 0 Å². The van der Waals surface area contributed by atoms with E-state index in [0.717, 1.165) is 31.4 Å². The maximum Gasteiger partial charge on any atom is 0.274 e. The fraction of sp³-hybridized carbons (Fsp3) is 0.643. The van der Waals surface area contributed by atoms with E-state index in [1.807, 2.05) is 11.8 Å². The molecule has 1 aliphatic heterocycles. The number of carbonyl (C=O) groups is 1. The van der Waals surface area contributed by atoms with Gasteiger partial charge in [-0.15, -0.1) is 0 Å². The van der Waals surface area contributed by atoms with E-state index < -0.39 is 0 Å². The third-order valence-corrected chi connectivity index (χ3v) is 4.67. The van der Waals surface area contributed by atoms with Crippen LogP contribution in [0.2, 0.25) is 0 Å². The second kappa shape index (κ2) is 4.56. The minimum absolute atomic E-state index is 0.0452. The van der Waals surface area contributed by atoms with Gasteiger partial charge in [0.1, 0.15) is 5.69 Å². The molecule has 2 aliphatic rings. The van der Waals surface area contributed by atoms with E-state index in [1.165, 1.54) is 0 Å². The van der Waals surface area contributed by atoms with Gasteiger partial charge in [-0.2, -0.15) is 0 Å². The van der Waals surface area contributed by atoms with Crippen molar-refractivity contribution in [2.45, 2.75) is 38.7 Å². The molecule has 2 heterocycles. The maximum absolute atomic E-state index is 12.3. The van der Waals surface area contributed by atoms with Crippen LogP contribution in [-0.4, -0.2) is 45.1 Å². The number of carbonyl (C=O) groups excluding carboxylic acids is 1. The van der Waals surface area contributed by atoms with Crippen LogP contribution in [0.1, 0.15) is 41.9 Å². The first-order valence-corrected chi connectivity index (χ1v) is 6.87. The van der Waals surface area contributed by atoms with Crippen LogP contribution in [-0.2, 0) is 0 Å². The Balaban J connectivity index is 1.65. The zero-order chi connectivity index (χ0) is 13.5. The summed E-state index contributed by atoms with van der Waals surface area (Å²) < 4.78 is 0. The van der Waals surface area contributed by atoms with Crippen LogP contribution in [0.5, 0.6) is 0 Å². The Morgan fingerprint density at radius 1 is 1.32 bits per heavy atom. The second-order valence-corrected chi connectivity index (χ2v) is 5.75. The van der Waals surface area contributed by atoms with Crippen LogP contribution < -0.4 is 0 Å². The normalized spacial score (nSPS) is 25.2. The molecule has 19 heavy (non-hydrogen) atoms. The number of likely N-dealkylation sites (tertiary alicyclic amines) is 1. The van der Waals surface area contributed by atoms with Crippen molar-refractivity contribution in [3.05, 3.63) is 23.8 Å². The Morgan fingerprint density at radius 2 is 2.05 bits per heavy atom. The third kappa shape index (κ3) is 2.12. The molecule has 1 amide bonds. The average molecular weight is 261 g/mol. The lowest BCUT2D eigenvalue weighted by Gasteiger charge is -2.51. The SMILES string of the molecule is Cc1cnc(C(=O)N2CCC3(CCC3O)CC2)cn1. The van der Waals surface area contributed by atoms with Crippen molar-refractivity contribution in [3.63, 3.8) is 0 Å². The number of aryl methyl sites for hydroxylation is 1. The Bertz CT molecular complexity index is 478. The lowest BCUT2D eigenvalue weighted by atomic mass is 9.61. The quantitative estimate of drug-likeness (QED) is 0.824. The lowest BCUT2D eigenvalue weighted by Crippen LogP contribution is -2.53. The molecule has 1 saturated heterocycles. The molecule has 1 spiro atoms. The lowest BCUT2D eigenvalue weighted by molar-refractivity contribution is -0.0952. The monoisotopic (exact) mass is 261 g/mol. The Kier molecular flexibility index (Phi) is 3.01. The summed E-state index contributed by atoms with van der Waals surface area (Å²) in [5.74, 6) is -0.0452. The van der Waals surface area contributed by atoms with Gasteiger partial charge in [-0.05, 0) is 38.0 Å². The molecular formula is C14H19N3O2. The summed E-state index contributed by atoms with van der Waals surface area (Å²) in [6.45, 7) is 3.28. The Morgan fingerprint density at radius 3 is 2.53 bits per heavy atom. The van der Waals surface area contributed by atoms with Gasteiger partial charge in [-0.1, -0.05) is 0 Å². The summed E-state index contributed by atoms with van der Waals surface area (Å²) in [5.41, 5.74) is 1.32. The summed E-state index contributed by atoms with van der Waals surface area (Å²) in [5, 5.41) is 9.87. The second-order valence-electron chi connectivity index (χ2n) is 5.75. The van der Waals surface area contributed by atoms with Crippen molar-refractivity contribution >= 4 is 5.91 Å². The molecule has 3 rings (SSSR count). The highest BCUT2D eigenvalue weighted by molar-refractivity contribution is 5.92. The van der Waals surface area contributed by atoms with Crippen LogP contribution in [0.4, 0.5) is 0 Å². The van der Waals surface area contributed by atoms with Crippen molar-refractivity contribution in [2.24, 2.45) is 5.41 Å². The molecule has 1 saturated carbocycles. The van der Waals surface area contributed by atoms with Crippen molar-refractivity contribution in [1.82, 2.24) is 14.9 Å². The number of amides is 1. The highest BCUT2D eigenvalue weighted by atomic mass is 16.3.